The quantitative estimate of drug-likeness (QED) is 0.852. The number of para-hydroxylation sites is 1. The highest BCUT2D eigenvalue weighted by molar-refractivity contribution is 6.01. The molecule has 0 N–H and O–H groups in total. The van der Waals surface area contributed by atoms with E-state index in [0.717, 1.165) is 17.0 Å². The lowest BCUT2D eigenvalue weighted by molar-refractivity contribution is 0.800. The lowest BCUT2D eigenvalue weighted by Gasteiger charge is -2.17. The standard InChI is InChI=1S/C18H15N3/c19-14-18-13-16(12-11-15-7-3-1-4-8-15)20-21(18)17-9-5-2-6-10-17/h1-12,18H,13H2/b12-11+. The Bertz CT molecular complexity index is 696. The van der Waals surface area contributed by atoms with Crippen LogP contribution in [0.3, 0.4) is 0 Å². The second-order valence-corrected chi connectivity index (χ2v) is 4.86. The van der Waals surface area contributed by atoms with E-state index in [2.05, 4.69) is 11.2 Å². The van der Waals surface area contributed by atoms with Gasteiger partial charge >= 0.3 is 0 Å². The van der Waals surface area contributed by atoms with E-state index in [1.807, 2.05) is 72.8 Å². The Balaban J connectivity index is 1.82. The van der Waals surface area contributed by atoms with E-state index >= 15 is 0 Å². The lowest BCUT2D eigenvalue weighted by atomic mass is 10.1. The van der Waals surface area contributed by atoms with Crippen molar-refractivity contribution in [2.24, 2.45) is 5.10 Å². The van der Waals surface area contributed by atoms with E-state index in [9.17, 15) is 5.26 Å². The Hall–Kier alpha value is -2.86. The molecule has 3 rings (SSSR count). The van der Waals surface area contributed by atoms with Crippen molar-refractivity contribution in [3.8, 4) is 6.07 Å². The summed E-state index contributed by atoms with van der Waals surface area (Å²) in [6.45, 7) is 0. The van der Waals surface area contributed by atoms with Crippen molar-refractivity contribution in [3.63, 3.8) is 0 Å². The highest BCUT2D eigenvalue weighted by Gasteiger charge is 2.26. The molecular weight excluding hydrogens is 258 g/mol. The zero-order valence-electron chi connectivity index (χ0n) is 11.6. The van der Waals surface area contributed by atoms with E-state index in [1.54, 1.807) is 5.01 Å². The van der Waals surface area contributed by atoms with Gasteiger partial charge in [-0.15, -0.1) is 0 Å². The molecule has 3 heteroatoms. The molecule has 2 aromatic rings. The maximum absolute atomic E-state index is 9.31. The number of hydrogen-bond donors (Lipinski definition) is 0. The Labute approximate surface area is 124 Å². The molecule has 0 aliphatic carbocycles. The fourth-order valence-corrected chi connectivity index (χ4v) is 2.31. The predicted octanol–water partition coefficient (Wildman–Crippen LogP) is 3.86. The van der Waals surface area contributed by atoms with Crippen molar-refractivity contribution in [3.05, 3.63) is 72.3 Å². The number of anilines is 1. The molecule has 0 aromatic heterocycles. The molecule has 21 heavy (non-hydrogen) atoms. The van der Waals surface area contributed by atoms with Crippen LogP contribution >= 0.6 is 0 Å². The van der Waals surface area contributed by atoms with E-state index in [-0.39, 0.29) is 6.04 Å². The van der Waals surface area contributed by atoms with Gasteiger partial charge in [0.2, 0.25) is 0 Å². The minimum Gasteiger partial charge on any atom is -0.248 e. The van der Waals surface area contributed by atoms with Gasteiger partial charge in [-0.1, -0.05) is 54.6 Å². The summed E-state index contributed by atoms with van der Waals surface area (Å²) in [5.74, 6) is 0. The van der Waals surface area contributed by atoms with Crippen LogP contribution in [0.4, 0.5) is 5.69 Å². The zero-order valence-corrected chi connectivity index (χ0v) is 11.6. The first kappa shape index (κ1) is 13.1. The Kier molecular flexibility index (Phi) is 3.79. The van der Waals surface area contributed by atoms with Crippen molar-refractivity contribution in [2.75, 3.05) is 5.01 Å². The Morgan fingerprint density at radius 3 is 2.33 bits per heavy atom. The van der Waals surface area contributed by atoms with Crippen molar-refractivity contribution in [2.45, 2.75) is 12.5 Å². The van der Waals surface area contributed by atoms with Gasteiger partial charge in [-0.2, -0.15) is 10.4 Å². The number of nitriles is 1. The number of hydrazone groups is 1. The molecule has 1 heterocycles. The molecule has 3 nitrogen and oxygen atoms in total. The monoisotopic (exact) mass is 273 g/mol. The third-order valence-electron chi connectivity index (χ3n) is 3.37. The van der Waals surface area contributed by atoms with Crippen LogP contribution in [0.25, 0.3) is 6.08 Å². The maximum Gasteiger partial charge on any atom is 0.144 e. The van der Waals surface area contributed by atoms with Crippen LogP contribution in [0.1, 0.15) is 12.0 Å². The van der Waals surface area contributed by atoms with E-state index in [4.69, 9.17) is 0 Å². The topological polar surface area (TPSA) is 39.4 Å². The van der Waals surface area contributed by atoms with Crippen LogP contribution in [-0.4, -0.2) is 11.8 Å². The van der Waals surface area contributed by atoms with Crippen LogP contribution in [-0.2, 0) is 0 Å². The van der Waals surface area contributed by atoms with Gasteiger partial charge in [-0.05, 0) is 23.8 Å². The predicted molar refractivity (Wildman–Crippen MR) is 85.9 cm³/mol. The van der Waals surface area contributed by atoms with Gasteiger partial charge in [0.15, 0.2) is 0 Å². The molecule has 1 atom stereocenters. The first-order valence-electron chi connectivity index (χ1n) is 6.91. The molecule has 0 fully saturated rings. The molecule has 102 valence electrons. The number of rotatable bonds is 3. The summed E-state index contributed by atoms with van der Waals surface area (Å²) in [4.78, 5) is 0. The molecular formula is C18H15N3. The molecule has 2 aromatic carbocycles. The zero-order chi connectivity index (χ0) is 14.5. The smallest absolute Gasteiger partial charge is 0.144 e. The summed E-state index contributed by atoms with van der Waals surface area (Å²) in [6, 6.07) is 22.0. The Morgan fingerprint density at radius 1 is 1.00 bits per heavy atom. The second kappa shape index (κ2) is 6.06. The van der Waals surface area contributed by atoms with Gasteiger partial charge in [0, 0.05) is 6.42 Å². The van der Waals surface area contributed by atoms with E-state index in [1.165, 1.54) is 0 Å². The van der Waals surface area contributed by atoms with Gasteiger partial charge in [0.25, 0.3) is 0 Å². The Morgan fingerprint density at radius 2 is 1.67 bits per heavy atom. The third-order valence-corrected chi connectivity index (χ3v) is 3.37. The fraction of sp³-hybridized carbons (Fsp3) is 0.111. The number of allylic oxidation sites excluding steroid dienone is 1. The summed E-state index contributed by atoms with van der Waals surface area (Å²) in [5.41, 5.74) is 3.01. The van der Waals surface area contributed by atoms with Gasteiger partial charge < -0.3 is 0 Å². The molecule has 0 amide bonds. The van der Waals surface area contributed by atoms with Gasteiger partial charge in [0.1, 0.15) is 6.04 Å². The summed E-state index contributed by atoms with van der Waals surface area (Å²) in [5, 5.41) is 15.7. The summed E-state index contributed by atoms with van der Waals surface area (Å²) in [6.07, 6.45) is 4.67. The molecule has 0 saturated heterocycles. The van der Waals surface area contributed by atoms with E-state index < -0.39 is 0 Å². The van der Waals surface area contributed by atoms with Crippen LogP contribution in [0, 0.1) is 11.3 Å². The molecule has 1 aliphatic heterocycles. The summed E-state index contributed by atoms with van der Waals surface area (Å²) >= 11 is 0. The first-order valence-corrected chi connectivity index (χ1v) is 6.91. The first-order chi connectivity index (χ1) is 10.4. The SMILES string of the molecule is N#CC1CC(/C=C/c2ccccc2)=NN1c1ccccc1. The molecule has 0 saturated carbocycles. The minimum atomic E-state index is -0.233. The van der Waals surface area contributed by atoms with Crippen LogP contribution < -0.4 is 5.01 Å². The fourth-order valence-electron chi connectivity index (χ4n) is 2.31. The van der Waals surface area contributed by atoms with Crippen LogP contribution in [0.2, 0.25) is 0 Å². The molecule has 0 radical (unpaired) electrons. The largest absolute Gasteiger partial charge is 0.248 e. The molecule has 0 spiro atoms. The van der Waals surface area contributed by atoms with E-state index in [0.29, 0.717) is 6.42 Å². The van der Waals surface area contributed by atoms with Gasteiger partial charge in [0.05, 0.1) is 17.5 Å². The summed E-state index contributed by atoms with van der Waals surface area (Å²) in [7, 11) is 0. The minimum absolute atomic E-state index is 0.233. The molecule has 0 bridgehead atoms. The lowest BCUT2D eigenvalue weighted by Crippen LogP contribution is -2.24. The summed E-state index contributed by atoms with van der Waals surface area (Å²) < 4.78 is 0. The number of nitrogens with zero attached hydrogens (tertiary/aromatic N) is 3. The van der Waals surface area contributed by atoms with Crippen LogP contribution in [0.5, 0.6) is 0 Å². The van der Waals surface area contributed by atoms with Crippen molar-refractivity contribution in [1.29, 1.82) is 5.26 Å². The highest BCUT2D eigenvalue weighted by atomic mass is 15.5. The van der Waals surface area contributed by atoms with Gasteiger partial charge in [-0.3, -0.25) is 0 Å². The average Bonchev–Trinajstić information content (AvgIpc) is 2.98. The number of benzene rings is 2. The van der Waals surface area contributed by atoms with Crippen molar-refractivity contribution in [1.82, 2.24) is 0 Å². The third kappa shape index (κ3) is 3.01. The van der Waals surface area contributed by atoms with Crippen molar-refractivity contribution < 1.29 is 0 Å². The average molecular weight is 273 g/mol. The van der Waals surface area contributed by atoms with Gasteiger partial charge in [-0.25, -0.2) is 5.01 Å². The normalized spacial score (nSPS) is 17.8. The molecule has 1 unspecified atom stereocenters. The maximum atomic E-state index is 9.31. The second-order valence-electron chi connectivity index (χ2n) is 4.86. The highest BCUT2D eigenvalue weighted by Crippen LogP contribution is 2.24. The molecule has 1 aliphatic rings. The van der Waals surface area contributed by atoms with Crippen molar-refractivity contribution >= 4 is 17.5 Å². The van der Waals surface area contributed by atoms with Crippen LogP contribution in [0.15, 0.2) is 71.8 Å². The number of hydrogen-bond acceptors (Lipinski definition) is 3.